The highest BCUT2D eigenvalue weighted by Gasteiger charge is 2.46. The number of benzene rings is 3. The Morgan fingerprint density at radius 2 is 1.64 bits per heavy atom. The summed E-state index contributed by atoms with van der Waals surface area (Å²) in [7, 11) is 0. The topological polar surface area (TPSA) is 65.1 Å². The van der Waals surface area contributed by atoms with E-state index in [9.17, 15) is 22.8 Å². The molecule has 3 aromatic carbocycles. The van der Waals surface area contributed by atoms with Gasteiger partial charge in [0.2, 0.25) is 0 Å². The number of esters is 1. The molecule has 3 aromatic rings. The number of ether oxygens (including phenoxy) is 3. The Balaban J connectivity index is 1.69. The quantitative estimate of drug-likeness (QED) is 0.245. The van der Waals surface area contributed by atoms with Gasteiger partial charge in [0.1, 0.15) is 6.61 Å². The molecule has 1 amide bonds. The van der Waals surface area contributed by atoms with E-state index in [1.807, 2.05) is 60.7 Å². The number of hydrogen-bond acceptors (Lipinski definition) is 5. The molecule has 0 unspecified atom stereocenters. The average molecular weight is 582 g/mol. The van der Waals surface area contributed by atoms with Crippen molar-refractivity contribution in [1.29, 1.82) is 0 Å². The fraction of sp³-hybridized carbons (Fsp3) is 0.333. The highest BCUT2D eigenvalue weighted by molar-refractivity contribution is 5.90. The Kier molecular flexibility index (Phi) is 9.73. The molecule has 0 N–H and O–H groups in total. The van der Waals surface area contributed by atoms with Crippen LogP contribution in [0.5, 0.6) is 0 Å². The number of hydrogen-bond donors (Lipinski definition) is 0. The molecule has 0 fully saturated rings. The Morgan fingerprint density at radius 3 is 2.29 bits per heavy atom. The largest absolute Gasteiger partial charge is 0.463 e. The van der Waals surface area contributed by atoms with Gasteiger partial charge in [-0.05, 0) is 56.0 Å². The molecule has 0 aliphatic carbocycles. The van der Waals surface area contributed by atoms with Crippen molar-refractivity contribution < 1.29 is 37.0 Å². The fourth-order valence-electron chi connectivity index (χ4n) is 5.01. The van der Waals surface area contributed by atoms with Crippen molar-refractivity contribution in [3.63, 3.8) is 0 Å². The van der Waals surface area contributed by atoms with E-state index in [0.717, 1.165) is 23.3 Å². The molecule has 42 heavy (non-hydrogen) atoms. The third kappa shape index (κ3) is 7.20. The van der Waals surface area contributed by atoms with Crippen LogP contribution in [0, 0.1) is 6.92 Å². The van der Waals surface area contributed by atoms with Crippen molar-refractivity contribution in [3.8, 4) is 0 Å². The number of alkyl halides is 3. The van der Waals surface area contributed by atoms with Gasteiger partial charge in [-0.1, -0.05) is 78.4 Å². The van der Waals surface area contributed by atoms with Crippen molar-refractivity contribution in [2.75, 3.05) is 19.8 Å². The molecule has 2 atom stereocenters. The van der Waals surface area contributed by atoms with Crippen LogP contribution in [0.25, 0.3) is 0 Å². The highest BCUT2D eigenvalue weighted by Crippen LogP contribution is 2.40. The number of amides is 1. The van der Waals surface area contributed by atoms with E-state index in [4.69, 9.17) is 14.2 Å². The molecule has 9 heteroatoms. The predicted molar refractivity (Wildman–Crippen MR) is 151 cm³/mol. The van der Waals surface area contributed by atoms with Gasteiger partial charge in [0.15, 0.2) is 0 Å². The number of halogens is 3. The molecule has 4 rings (SSSR count). The molecular formula is C33H34F3NO5. The summed E-state index contributed by atoms with van der Waals surface area (Å²) in [6.07, 6.45) is -3.97. The molecule has 6 nitrogen and oxygen atoms in total. The Hall–Kier alpha value is -4.11. The maximum absolute atomic E-state index is 13.7. The van der Waals surface area contributed by atoms with Crippen molar-refractivity contribution in [2.24, 2.45) is 0 Å². The van der Waals surface area contributed by atoms with E-state index in [1.54, 1.807) is 32.9 Å². The molecule has 1 heterocycles. The molecule has 0 saturated heterocycles. The SMILES string of the molecule is CCOC(=O)C1=CC[C@@](CO[C@H](C)c2cc(C)cc(C(F)(F)F)c2)(c2ccccc2)N(C(=O)OCc2ccccc2)C1. The van der Waals surface area contributed by atoms with Crippen molar-refractivity contribution in [3.05, 3.63) is 118 Å². The zero-order valence-electron chi connectivity index (χ0n) is 23.8. The lowest BCUT2D eigenvalue weighted by atomic mass is 9.82. The summed E-state index contributed by atoms with van der Waals surface area (Å²) in [5.41, 5.74) is 0.780. The second kappa shape index (κ2) is 13.2. The number of carbonyl (C=O) groups is 2. The van der Waals surface area contributed by atoms with E-state index in [0.29, 0.717) is 16.7 Å². The van der Waals surface area contributed by atoms with Gasteiger partial charge in [-0.2, -0.15) is 13.2 Å². The van der Waals surface area contributed by atoms with E-state index in [1.165, 1.54) is 4.90 Å². The first-order valence-electron chi connectivity index (χ1n) is 13.7. The van der Waals surface area contributed by atoms with Gasteiger partial charge >= 0.3 is 18.2 Å². The number of rotatable bonds is 9. The van der Waals surface area contributed by atoms with Gasteiger partial charge in [-0.3, -0.25) is 4.90 Å². The minimum Gasteiger partial charge on any atom is -0.463 e. The zero-order chi connectivity index (χ0) is 30.3. The second-order valence-corrected chi connectivity index (χ2v) is 10.3. The number of aryl methyl sites for hydroxylation is 1. The lowest BCUT2D eigenvalue weighted by molar-refractivity contribution is -0.140. The predicted octanol–water partition coefficient (Wildman–Crippen LogP) is 7.52. The van der Waals surface area contributed by atoms with Crippen LogP contribution >= 0.6 is 0 Å². The fourth-order valence-corrected chi connectivity index (χ4v) is 5.01. The standard InChI is InChI=1S/C33H34F3NO5/c1-4-40-30(38)26-15-16-32(28-13-9-6-10-14-28,37(20-26)31(39)41-21-25-11-7-5-8-12-25)22-42-24(3)27-17-23(2)18-29(19-27)33(34,35)36/h5-15,17-19,24H,4,16,20-22H2,1-3H3/t24-,32-/m1/s1. The van der Waals surface area contributed by atoms with Gasteiger partial charge in [0.05, 0.1) is 42.5 Å². The summed E-state index contributed by atoms with van der Waals surface area (Å²) in [6, 6.07) is 22.2. The van der Waals surface area contributed by atoms with Crippen molar-refractivity contribution in [1.82, 2.24) is 4.90 Å². The summed E-state index contributed by atoms with van der Waals surface area (Å²) in [5, 5.41) is 0. The van der Waals surface area contributed by atoms with Gasteiger partial charge < -0.3 is 14.2 Å². The van der Waals surface area contributed by atoms with Crippen LogP contribution in [0.1, 0.15) is 54.2 Å². The van der Waals surface area contributed by atoms with Gasteiger partial charge in [0, 0.05) is 0 Å². The Morgan fingerprint density at radius 1 is 0.976 bits per heavy atom. The summed E-state index contributed by atoms with van der Waals surface area (Å²) >= 11 is 0. The summed E-state index contributed by atoms with van der Waals surface area (Å²) in [6.45, 7) is 5.00. The molecule has 0 radical (unpaired) electrons. The summed E-state index contributed by atoms with van der Waals surface area (Å²) in [5.74, 6) is -0.534. The highest BCUT2D eigenvalue weighted by atomic mass is 19.4. The van der Waals surface area contributed by atoms with Crippen LogP contribution in [-0.2, 0) is 37.3 Å². The molecule has 222 valence electrons. The molecule has 1 aliphatic rings. The maximum Gasteiger partial charge on any atom is 0.416 e. The smallest absolute Gasteiger partial charge is 0.416 e. The van der Waals surface area contributed by atoms with Gasteiger partial charge in [-0.25, -0.2) is 9.59 Å². The Labute approximate surface area is 243 Å². The van der Waals surface area contributed by atoms with E-state index in [-0.39, 0.29) is 32.8 Å². The van der Waals surface area contributed by atoms with Crippen LogP contribution in [0.4, 0.5) is 18.0 Å². The number of carbonyl (C=O) groups excluding carboxylic acids is 2. The monoisotopic (exact) mass is 581 g/mol. The first kappa shape index (κ1) is 30.8. The van der Waals surface area contributed by atoms with Gasteiger partial charge in [0.25, 0.3) is 0 Å². The van der Waals surface area contributed by atoms with Crippen molar-refractivity contribution >= 4 is 12.1 Å². The summed E-state index contributed by atoms with van der Waals surface area (Å²) in [4.78, 5) is 27.9. The lowest BCUT2D eigenvalue weighted by Gasteiger charge is -2.46. The lowest BCUT2D eigenvalue weighted by Crippen LogP contribution is -2.55. The molecular weight excluding hydrogens is 547 g/mol. The van der Waals surface area contributed by atoms with E-state index >= 15 is 0 Å². The first-order chi connectivity index (χ1) is 20.0. The third-order valence-corrected chi connectivity index (χ3v) is 7.27. The molecule has 0 aromatic heterocycles. The van der Waals surface area contributed by atoms with Crippen molar-refractivity contribution in [2.45, 2.75) is 51.6 Å². The minimum atomic E-state index is -4.50. The number of nitrogens with zero attached hydrogens (tertiary/aromatic N) is 1. The molecule has 0 bridgehead atoms. The van der Waals surface area contributed by atoms with Crippen LogP contribution in [0.3, 0.4) is 0 Å². The van der Waals surface area contributed by atoms with Crippen LogP contribution in [-0.4, -0.2) is 36.7 Å². The van der Waals surface area contributed by atoms with Gasteiger partial charge in [-0.15, -0.1) is 0 Å². The third-order valence-electron chi connectivity index (χ3n) is 7.27. The normalized spacial score (nSPS) is 17.8. The minimum absolute atomic E-state index is 0.0142. The average Bonchev–Trinajstić information content (AvgIpc) is 2.99. The zero-order valence-corrected chi connectivity index (χ0v) is 23.8. The maximum atomic E-state index is 13.7. The Bertz CT molecular complexity index is 1410. The van der Waals surface area contributed by atoms with Crippen LogP contribution in [0.15, 0.2) is 90.5 Å². The van der Waals surface area contributed by atoms with E-state index in [2.05, 4.69) is 0 Å². The molecule has 0 spiro atoms. The summed E-state index contributed by atoms with van der Waals surface area (Å²) < 4.78 is 57.8. The van der Waals surface area contributed by atoms with Crippen LogP contribution < -0.4 is 0 Å². The first-order valence-corrected chi connectivity index (χ1v) is 13.7. The second-order valence-electron chi connectivity index (χ2n) is 10.3. The molecule has 1 aliphatic heterocycles. The van der Waals surface area contributed by atoms with E-state index < -0.39 is 35.4 Å². The van der Waals surface area contributed by atoms with Crippen LogP contribution in [0.2, 0.25) is 0 Å². The molecule has 0 saturated carbocycles.